The summed E-state index contributed by atoms with van der Waals surface area (Å²) in [5.41, 5.74) is 0.314. The predicted molar refractivity (Wildman–Crippen MR) is 194 cm³/mol. The maximum Gasteiger partial charge on any atom is 0.338 e. The molecule has 0 saturated carbocycles. The molecule has 3 aromatic rings. The molecule has 2 aliphatic rings. The summed E-state index contributed by atoms with van der Waals surface area (Å²) in [6.45, 7) is 5.19. The molecule has 2 heterocycles. The van der Waals surface area contributed by atoms with Gasteiger partial charge < -0.3 is 47.4 Å². The summed E-state index contributed by atoms with van der Waals surface area (Å²) in [6.07, 6.45) is -15.9. The quantitative estimate of drug-likeness (QED) is 0.179. The maximum absolute atomic E-state index is 13.8. The van der Waals surface area contributed by atoms with Crippen molar-refractivity contribution in [1.82, 2.24) is 0 Å². The van der Waals surface area contributed by atoms with E-state index in [2.05, 4.69) is 0 Å². The van der Waals surface area contributed by atoms with Gasteiger partial charge in [0.15, 0.2) is 36.6 Å². The Morgan fingerprint density at radius 3 is 1.26 bits per heavy atom. The van der Waals surface area contributed by atoms with Crippen LogP contribution in [0.1, 0.15) is 65.7 Å². The molecule has 5 rings (SSSR count). The molecule has 0 bridgehead atoms. The third-order valence-corrected chi connectivity index (χ3v) is 8.70. The zero-order chi connectivity index (χ0) is 41.9. The van der Waals surface area contributed by atoms with Crippen LogP contribution in [-0.4, -0.2) is 110 Å². The van der Waals surface area contributed by atoms with Crippen LogP contribution in [0, 0.1) is 0 Å². The van der Waals surface area contributed by atoms with E-state index in [0.29, 0.717) is 0 Å². The summed E-state index contributed by atoms with van der Waals surface area (Å²) in [5, 5.41) is 0. The molecular weight excluding hydrogens is 764 g/mol. The molecule has 17 heteroatoms. The van der Waals surface area contributed by atoms with Crippen molar-refractivity contribution in [3.05, 3.63) is 108 Å². The van der Waals surface area contributed by atoms with Crippen molar-refractivity contribution in [2.45, 2.75) is 96.0 Å². The van der Waals surface area contributed by atoms with Crippen molar-refractivity contribution < 1.29 is 80.9 Å². The van der Waals surface area contributed by atoms with Gasteiger partial charge in [-0.1, -0.05) is 54.6 Å². The first-order chi connectivity index (χ1) is 27.7. The van der Waals surface area contributed by atoms with E-state index in [9.17, 15) is 33.6 Å². The minimum Gasteiger partial charge on any atom is -0.463 e. The standard InChI is InChI=1S/C41H42O17/c1-22-31(55-37(46)27-15-9-6-10-16-27)33(56-38(47)28-17-11-7-12-18-28)36(57-39(48)29-19-13-8-14-20-29)40(50-22)58-41-35(53-26(5)45)34(52-25(4)44)32(51-24(3)43)30(54-41)21-49-23(2)42/h6-20,22,30-36,40-41H,21H2,1-5H3/t22-,30+,31+,32-,33+,34-,35+,36-,40-,41+/m0/s1. The second-order valence-electron chi connectivity index (χ2n) is 13.1. The lowest BCUT2D eigenvalue weighted by atomic mass is 9.97. The smallest absolute Gasteiger partial charge is 0.338 e. The molecular formula is C41H42O17. The number of esters is 7. The highest BCUT2D eigenvalue weighted by Gasteiger charge is 2.57. The Balaban J connectivity index is 1.60. The number of rotatable bonds is 13. The maximum atomic E-state index is 13.8. The first-order valence-corrected chi connectivity index (χ1v) is 18.1. The van der Waals surface area contributed by atoms with Crippen LogP contribution in [0.2, 0.25) is 0 Å². The fourth-order valence-electron chi connectivity index (χ4n) is 6.23. The third kappa shape index (κ3) is 11.2. The van der Waals surface area contributed by atoms with E-state index in [4.69, 9.17) is 47.4 Å². The van der Waals surface area contributed by atoms with E-state index in [1.165, 1.54) is 43.3 Å². The van der Waals surface area contributed by atoms with Crippen LogP contribution < -0.4 is 0 Å². The van der Waals surface area contributed by atoms with Crippen LogP contribution in [0.25, 0.3) is 0 Å². The topological polar surface area (TPSA) is 212 Å². The highest BCUT2D eigenvalue weighted by molar-refractivity contribution is 5.91. The van der Waals surface area contributed by atoms with Crippen LogP contribution in [0.3, 0.4) is 0 Å². The van der Waals surface area contributed by atoms with Crippen LogP contribution in [0.5, 0.6) is 0 Å². The van der Waals surface area contributed by atoms with Crippen LogP contribution in [-0.2, 0) is 66.5 Å². The van der Waals surface area contributed by atoms with Gasteiger partial charge in [0, 0.05) is 27.7 Å². The molecule has 308 valence electrons. The van der Waals surface area contributed by atoms with Gasteiger partial charge in [0.25, 0.3) is 0 Å². The summed E-state index contributed by atoms with van der Waals surface area (Å²) in [4.78, 5) is 90.1. The molecule has 0 radical (unpaired) electrons. The number of hydrogen-bond donors (Lipinski definition) is 0. The first kappa shape index (κ1) is 43.0. The largest absolute Gasteiger partial charge is 0.463 e. The highest BCUT2D eigenvalue weighted by atomic mass is 16.8. The molecule has 10 atom stereocenters. The summed E-state index contributed by atoms with van der Waals surface area (Å²) >= 11 is 0. The van der Waals surface area contributed by atoms with Gasteiger partial charge in [-0.2, -0.15) is 0 Å². The zero-order valence-electron chi connectivity index (χ0n) is 32.1. The van der Waals surface area contributed by atoms with E-state index in [1.54, 1.807) is 54.6 Å². The molecule has 2 aliphatic heterocycles. The average molecular weight is 807 g/mol. The summed E-state index contributed by atoms with van der Waals surface area (Å²) < 4.78 is 58.3. The summed E-state index contributed by atoms with van der Waals surface area (Å²) in [5.74, 6) is -6.05. The minimum atomic E-state index is -1.82. The van der Waals surface area contributed by atoms with Crippen molar-refractivity contribution in [2.24, 2.45) is 0 Å². The Kier molecular flexibility index (Phi) is 14.7. The molecule has 0 unspecified atom stereocenters. The molecule has 2 fully saturated rings. The second-order valence-corrected chi connectivity index (χ2v) is 13.1. The first-order valence-electron chi connectivity index (χ1n) is 18.1. The van der Waals surface area contributed by atoms with Gasteiger partial charge in [0.2, 0.25) is 12.6 Å². The fourth-order valence-corrected chi connectivity index (χ4v) is 6.23. The van der Waals surface area contributed by atoms with Crippen molar-refractivity contribution in [3.8, 4) is 0 Å². The van der Waals surface area contributed by atoms with Crippen LogP contribution >= 0.6 is 0 Å². The number of ether oxygens (including phenoxy) is 10. The molecule has 0 spiro atoms. The second kappa shape index (κ2) is 19.8. The molecule has 0 N–H and O–H groups in total. The molecule has 58 heavy (non-hydrogen) atoms. The minimum absolute atomic E-state index is 0.0677. The Labute approximate surface area is 332 Å². The van der Waals surface area contributed by atoms with E-state index in [0.717, 1.165) is 27.7 Å². The normalized spacial score (nSPS) is 26.5. The Bertz CT molecular complexity index is 1920. The van der Waals surface area contributed by atoms with Gasteiger partial charge >= 0.3 is 41.8 Å². The Morgan fingerprint density at radius 1 is 0.448 bits per heavy atom. The van der Waals surface area contributed by atoms with Crippen molar-refractivity contribution in [3.63, 3.8) is 0 Å². The summed E-state index contributed by atoms with van der Waals surface area (Å²) in [6, 6.07) is 23.5. The zero-order valence-corrected chi connectivity index (χ0v) is 32.1. The van der Waals surface area contributed by atoms with E-state index in [-0.39, 0.29) is 16.7 Å². The molecule has 0 aliphatic carbocycles. The third-order valence-electron chi connectivity index (χ3n) is 8.70. The molecule has 17 nitrogen and oxygen atoms in total. The molecule has 2 saturated heterocycles. The number of hydrogen-bond acceptors (Lipinski definition) is 17. The molecule has 0 amide bonds. The van der Waals surface area contributed by atoms with Crippen LogP contribution in [0.4, 0.5) is 0 Å². The summed E-state index contributed by atoms with van der Waals surface area (Å²) in [7, 11) is 0. The number of carbonyl (C=O) groups excluding carboxylic acids is 7. The van der Waals surface area contributed by atoms with Gasteiger partial charge in [-0.25, -0.2) is 14.4 Å². The lowest BCUT2D eigenvalue weighted by molar-refractivity contribution is -0.372. The Hall–Kier alpha value is -6.17. The Morgan fingerprint density at radius 2 is 0.810 bits per heavy atom. The van der Waals surface area contributed by atoms with E-state index < -0.39 is 110 Å². The molecule has 0 aromatic heterocycles. The highest BCUT2D eigenvalue weighted by Crippen LogP contribution is 2.36. The van der Waals surface area contributed by atoms with Gasteiger partial charge in [0.05, 0.1) is 22.8 Å². The SMILES string of the molecule is CC(=O)OC[C@H]1O[C@H](O[C@@H]2O[C@@H](C)[C@@H](OC(=O)c3ccccc3)[C@@H](OC(=O)c3ccccc3)[C@@H]2OC(=O)c2ccccc2)[C@H](OC(C)=O)[C@@H](OC(C)=O)[C@H]1OC(C)=O. The lowest BCUT2D eigenvalue weighted by Crippen LogP contribution is -2.66. The van der Waals surface area contributed by atoms with Gasteiger partial charge in [-0.05, 0) is 43.3 Å². The number of carbonyl (C=O) groups is 7. The van der Waals surface area contributed by atoms with Crippen molar-refractivity contribution in [2.75, 3.05) is 6.61 Å². The van der Waals surface area contributed by atoms with E-state index >= 15 is 0 Å². The van der Waals surface area contributed by atoms with Crippen LogP contribution in [0.15, 0.2) is 91.0 Å². The predicted octanol–water partition coefficient (Wildman–Crippen LogP) is 3.51. The average Bonchev–Trinajstić information content (AvgIpc) is 3.19. The van der Waals surface area contributed by atoms with Crippen molar-refractivity contribution >= 4 is 41.8 Å². The monoisotopic (exact) mass is 806 g/mol. The number of benzene rings is 3. The molecule has 3 aromatic carbocycles. The lowest BCUT2D eigenvalue weighted by Gasteiger charge is -2.47. The fraction of sp³-hybridized carbons (Fsp3) is 0.390. The van der Waals surface area contributed by atoms with Gasteiger partial charge in [0.1, 0.15) is 12.7 Å². The van der Waals surface area contributed by atoms with Gasteiger partial charge in [-0.15, -0.1) is 0 Å². The van der Waals surface area contributed by atoms with E-state index in [1.807, 2.05) is 0 Å². The van der Waals surface area contributed by atoms with Crippen molar-refractivity contribution in [1.29, 1.82) is 0 Å². The van der Waals surface area contributed by atoms with Gasteiger partial charge in [-0.3, -0.25) is 19.2 Å².